The van der Waals surface area contributed by atoms with Gasteiger partial charge in [-0.05, 0) is 19.1 Å². The number of benzene rings is 3. The van der Waals surface area contributed by atoms with Crippen LogP contribution in [-0.2, 0) is 0 Å². The SMILES string of the molecule is C/C(O)=c1\c(O)c2c3c(c1O)c(=O)cc1oc4cccc(=O)c4c(c13)[C@H](O)[C@H]2C. The minimum absolute atomic E-state index is 0.105. The summed E-state index contributed by atoms with van der Waals surface area (Å²) < 4.78 is 5.80. The molecule has 0 fully saturated rings. The molecule has 0 amide bonds. The number of rotatable bonds is 0. The van der Waals surface area contributed by atoms with Crippen molar-refractivity contribution in [3.63, 3.8) is 0 Å². The van der Waals surface area contributed by atoms with Gasteiger partial charge in [-0.2, -0.15) is 0 Å². The number of fused-ring (bicyclic) bond motifs is 2. The largest absolute Gasteiger partial charge is 0.512 e. The van der Waals surface area contributed by atoms with E-state index in [4.69, 9.17) is 4.42 Å². The van der Waals surface area contributed by atoms with E-state index in [1.165, 1.54) is 25.1 Å². The van der Waals surface area contributed by atoms with Gasteiger partial charge in [0.15, 0.2) is 10.9 Å². The molecule has 4 N–H and O–H groups in total. The molecule has 0 saturated carbocycles. The third-order valence-corrected chi connectivity index (χ3v) is 5.82. The highest BCUT2D eigenvalue weighted by Crippen LogP contribution is 2.50. The van der Waals surface area contributed by atoms with Crippen molar-refractivity contribution in [2.45, 2.75) is 25.9 Å². The molecule has 1 aliphatic carbocycles. The lowest BCUT2D eigenvalue weighted by molar-refractivity contribution is 0.152. The quantitative estimate of drug-likeness (QED) is 0.267. The summed E-state index contributed by atoms with van der Waals surface area (Å²) in [6.07, 6.45) is -1.18. The molecular formula is C22H16O7. The van der Waals surface area contributed by atoms with Gasteiger partial charge in [-0.25, -0.2) is 0 Å². The fourth-order valence-corrected chi connectivity index (χ4v) is 4.57. The zero-order valence-electron chi connectivity index (χ0n) is 15.5. The van der Waals surface area contributed by atoms with Crippen molar-refractivity contribution < 1.29 is 24.8 Å². The molecule has 146 valence electrons. The number of phenols is 2. The minimum atomic E-state index is -1.18. The monoisotopic (exact) mass is 392 g/mol. The van der Waals surface area contributed by atoms with E-state index in [2.05, 4.69) is 0 Å². The van der Waals surface area contributed by atoms with Crippen molar-refractivity contribution in [2.24, 2.45) is 0 Å². The summed E-state index contributed by atoms with van der Waals surface area (Å²) in [5.74, 6) is -2.07. The summed E-state index contributed by atoms with van der Waals surface area (Å²) in [5, 5.41) is 43.0. The highest BCUT2D eigenvalue weighted by atomic mass is 16.3. The number of aliphatic hydroxyl groups excluding tert-OH is 2. The minimum Gasteiger partial charge on any atom is -0.512 e. The van der Waals surface area contributed by atoms with Gasteiger partial charge >= 0.3 is 0 Å². The summed E-state index contributed by atoms with van der Waals surface area (Å²) >= 11 is 0. The van der Waals surface area contributed by atoms with Crippen molar-refractivity contribution in [1.29, 1.82) is 0 Å². The van der Waals surface area contributed by atoms with Crippen molar-refractivity contribution in [3.8, 4) is 11.5 Å². The zero-order valence-corrected chi connectivity index (χ0v) is 15.5. The van der Waals surface area contributed by atoms with Crippen LogP contribution in [0.3, 0.4) is 0 Å². The Labute approximate surface area is 162 Å². The lowest BCUT2D eigenvalue weighted by atomic mass is 9.77. The second-order valence-corrected chi connectivity index (χ2v) is 7.45. The van der Waals surface area contributed by atoms with Crippen molar-refractivity contribution >= 4 is 38.5 Å². The molecule has 0 unspecified atom stereocenters. The summed E-state index contributed by atoms with van der Waals surface area (Å²) in [6, 6.07) is 5.64. The topological polar surface area (TPSA) is 128 Å². The van der Waals surface area contributed by atoms with Gasteiger partial charge in [0.05, 0.1) is 22.1 Å². The molecule has 1 heterocycles. The van der Waals surface area contributed by atoms with Gasteiger partial charge < -0.3 is 24.8 Å². The molecule has 1 aromatic heterocycles. The molecule has 3 aromatic carbocycles. The average Bonchev–Trinajstić information content (AvgIpc) is 2.64. The third-order valence-electron chi connectivity index (χ3n) is 5.82. The second-order valence-electron chi connectivity index (χ2n) is 7.45. The van der Waals surface area contributed by atoms with Gasteiger partial charge in [-0.3, -0.25) is 9.59 Å². The molecule has 29 heavy (non-hydrogen) atoms. The van der Waals surface area contributed by atoms with E-state index < -0.39 is 28.9 Å². The molecule has 2 atom stereocenters. The number of aromatic hydroxyl groups is 2. The molecule has 4 aromatic rings. The van der Waals surface area contributed by atoms with Crippen LogP contribution in [0, 0.1) is 0 Å². The van der Waals surface area contributed by atoms with E-state index in [1.54, 1.807) is 13.0 Å². The van der Waals surface area contributed by atoms with Crippen LogP contribution in [0.25, 0.3) is 38.5 Å². The molecule has 0 saturated heterocycles. The van der Waals surface area contributed by atoms with Crippen LogP contribution in [0.15, 0.2) is 38.3 Å². The zero-order chi connectivity index (χ0) is 20.8. The van der Waals surface area contributed by atoms with Crippen LogP contribution in [-0.4, -0.2) is 20.4 Å². The van der Waals surface area contributed by atoms with Gasteiger partial charge in [0.25, 0.3) is 0 Å². The van der Waals surface area contributed by atoms with Crippen LogP contribution in [0.5, 0.6) is 11.5 Å². The maximum Gasteiger partial charge on any atom is 0.193 e. The maximum atomic E-state index is 12.9. The first kappa shape index (κ1) is 17.5. The van der Waals surface area contributed by atoms with Gasteiger partial charge in [-0.15, -0.1) is 0 Å². The van der Waals surface area contributed by atoms with E-state index in [0.29, 0.717) is 10.9 Å². The fraction of sp³-hybridized carbons (Fsp3) is 0.182. The van der Waals surface area contributed by atoms with Crippen molar-refractivity contribution in [3.05, 3.63) is 61.1 Å². The van der Waals surface area contributed by atoms with Gasteiger partial charge in [0.2, 0.25) is 0 Å². The molecule has 7 heteroatoms. The Morgan fingerprint density at radius 2 is 1.66 bits per heavy atom. The van der Waals surface area contributed by atoms with Crippen LogP contribution >= 0.6 is 0 Å². The molecule has 0 spiro atoms. The Bertz CT molecular complexity index is 1560. The van der Waals surface area contributed by atoms with Crippen LogP contribution in [0.2, 0.25) is 0 Å². The first-order valence-corrected chi connectivity index (χ1v) is 9.05. The smallest absolute Gasteiger partial charge is 0.193 e. The van der Waals surface area contributed by atoms with Crippen LogP contribution in [0.4, 0.5) is 0 Å². The average molecular weight is 392 g/mol. The van der Waals surface area contributed by atoms with E-state index >= 15 is 0 Å². The first-order chi connectivity index (χ1) is 13.7. The maximum absolute atomic E-state index is 12.9. The fourth-order valence-electron chi connectivity index (χ4n) is 4.57. The van der Waals surface area contributed by atoms with E-state index in [9.17, 15) is 30.0 Å². The number of aliphatic hydroxyl groups is 2. The second kappa shape index (κ2) is 5.48. The number of hydrogen-bond acceptors (Lipinski definition) is 7. The predicted octanol–water partition coefficient (Wildman–Crippen LogP) is 2.43. The standard InChI is InChI=1S/C22H16O7/c1-7-13-18-16(22(28)14(8(2)23)21(13)27)10(25)6-12-17(18)19(20(7)26)15-9(24)4-3-5-11(15)29-12/h3-7,20,23,26-28H,1-2H3/b14-8-/t7-,20+/m0/s1. The number of phenolic OH excluding ortho intramolecular Hbond substituents is 2. The summed E-state index contributed by atoms with van der Waals surface area (Å²) in [5.41, 5.74) is -0.0292. The van der Waals surface area contributed by atoms with E-state index in [-0.39, 0.29) is 49.3 Å². The van der Waals surface area contributed by atoms with Crippen LogP contribution < -0.4 is 16.1 Å². The highest BCUT2D eigenvalue weighted by Gasteiger charge is 2.36. The first-order valence-electron chi connectivity index (χ1n) is 9.05. The lowest BCUT2D eigenvalue weighted by Gasteiger charge is -2.30. The molecular weight excluding hydrogens is 376 g/mol. The Hall–Kier alpha value is -3.58. The normalized spacial score (nSPS) is 19.4. The number of hydrogen-bond donors (Lipinski definition) is 4. The Balaban J connectivity index is 2.27. The third kappa shape index (κ3) is 2.00. The van der Waals surface area contributed by atoms with E-state index in [1.807, 2.05) is 0 Å². The molecule has 0 bridgehead atoms. The summed E-state index contributed by atoms with van der Waals surface area (Å²) in [4.78, 5) is 25.4. The van der Waals surface area contributed by atoms with Crippen LogP contribution in [0.1, 0.15) is 37.0 Å². The highest BCUT2D eigenvalue weighted by molar-refractivity contribution is 6.16. The molecule has 1 aliphatic rings. The Kier molecular flexibility index (Phi) is 3.31. The van der Waals surface area contributed by atoms with Gasteiger partial charge in [0, 0.05) is 33.9 Å². The summed E-state index contributed by atoms with van der Waals surface area (Å²) in [6.45, 7) is 2.92. The summed E-state index contributed by atoms with van der Waals surface area (Å²) in [7, 11) is 0. The van der Waals surface area contributed by atoms with Crippen molar-refractivity contribution in [2.75, 3.05) is 0 Å². The lowest BCUT2D eigenvalue weighted by Crippen LogP contribution is -2.22. The van der Waals surface area contributed by atoms with E-state index in [0.717, 1.165) is 0 Å². The molecule has 7 nitrogen and oxygen atoms in total. The Morgan fingerprint density at radius 3 is 2.34 bits per heavy atom. The predicted molar refractivity (Wildman–Crippen MR) is 107 cm³/mol. The van der Waals surface area contributed by atoms with Crippen molar-refractivity contribution in [1.82, 2.24) is 0 Å². The molecule has 0 aliphatic heterocycles. The molecule has 0 radical (unpaired) electrons. The van der Waals surface area contributed by atoms with Gasteiger partial charge in [0.1, 0.15) is 28.4 Å². The van der Waals surface area contributed by atoms with Gasteiger partial charge in [-0.1, -0.05) is 13.0 Å². The molecule has 5 rings (SSSR count). The Morgan fingerprint density at radius 1 is 0.931 bits per heavy atom.